The van der Waals surface area contributed by atoms with Gasteiger partial charge < -0.3 is 10.1 Å². The standard InChI is InChI=1S/C20H24F2N2O4S/c1-14(24(29(3,26)27)16-9-10-18(21)19(22)13-16)20(25)23-11-5-7-15-6-4-8-17(12-15)28-2/h4,6,8-10,12-14H,5,7,11H2,1-3H3,(H,23,25)/t14-/m1/s1. The van der Waals surface area contributed by atoms with E-state index in [0.717, 1.165) is 40.1 Å². The monoisotopic (exact) mass is 426 g/mol. The number of anilines is 1. The number of carbonyl (C=O) groups is 1. The van der Waals surface area contributed by atoms with Crippen LogP contribution in [0.25, 0.3) is 0 Å². The molecular weight excluding hydrogens is 402 g/mol. The Hall–Kier alpha value is -2.68. The van der Waals surface area contributed by atoms with E-state index in [9.17, 15) is 22.0 Å². The van der Waals surface area contributed by atoms with Crippen LogP contribution < -0.4 is 14.4 Å². The van der Waals surface area contributed by atoms with Gasteiger partial charge in [-0.3, -0.25) is 9.10 Å². The zero-order valence-electron chi connectivity index (χ0n) is 16.5. The minimum absolute atomic E-state index is 0.120. The molecule has 0 aromatic heterocycles. The number of ether oxygens (including phenoxy) is 1. The van der Waals surface area contributed by atoms with Crippen LogP contribution in [0.2, 0.25) is 0 Å². The van der Waals surface area contributed by atoms with Crippen LogP contribution in [0.1, 0.15) is 18.9 Å². The lowest BCUT2D eigenvalue weighted by atomic mass is 10.1. The molecule has 158 valence electrons. The lowest BCUT2D eigenvalue weighted by molar-refractivity contribution is -0.121. The van der Waals surface area contributed by atoms with Crippen LogP contribution in [0.3, 0.4) is 0 Å². The number of amides is 1. The predicted molar refractivity (Wildman–Crippen MR) is 107 cm³/mol. The van der Waals surface area contributed by atoms with Crippen LogP contribution >= 0.6 is 0 Å². The number of halogens is 2. The molecule has 1 amide bonds. The second kappa shape index (κ2) is 9.69. The van der Waals surface area contributed by atoms with Crippen molar-refractivity contribution in [3.63, 3.8) is 0 Å². The summed E-state index contributed by atoms with van der Waals surface area (Å²) in [5, 5.41) is 2.69. The molecule has 0 aliphatic heterocycles. The third-order valence-corrected chi connectivity index (χ3v) is 5.56. The van der Waals surface area contributed by atoms with E-state index in [-0.39, 0.29) is 5.69 Å². The van der Waals surface area contributed by atoms with Gasteiger partial charge in [-0.25, -0.2) is 17.2 Å². The highest BCUT2D eigenvalue weighted by Crippen LogP contribution is 2.23. The second-order valence-electron chi connectivity index (χ2n) is 6.58. The quantitative estimate of drug-likeness (QED) is 0.626. The maximum atomic E-state index is 13.5. The zero-order valence-corrected chi connectivity index (χ0v) is 17.3. The van der Waals surface area contributed by atoms with E-state index >= 15 is 0 Å². The SMILES string of the molecule is COc1cccc(CCCNC(=O)[C@@H](C)N(c2ccc(F)c(F)c2)S(C)(=O)=O)c1. The highest BCUT2D eigenvalue weighted by molar-refractivity contribution is 7.92. The molecule has 6 nitrogen and oxygen atoms in total. The van der Waals surface area contributed by atoms with Gasteiger partial charge in [0.05, 0.1) is 19.1 Å². The fourth-order valence-electron chi connectivity index (χ4n) is 2.91. The first kappa shape index (κ1) is 22.6. The van der Waals surface area contributed by atoms with Gasteiger partial charge in [0.2, 0.25) is 15.9 Å². The Balaban J connectivity index is 2.00. The molecular formula is C20H24F2N2O4S. The molecule has 9 heteroatoms. The minimum atomic E-state index is -3.90. The summed E-state index contributed by atoms with van der Waals surface area (Å²) in [7, 11) is -2.32. The Morgan fingerprint density at radius 2 is 1.90 bits per heavy atom. The summed E-state index contributed by atoms with van der Waals surface area (Å²) < 4.78 is 57.0. The molecule has 0 spiro atoms. The maximum Gasteiger partial charge on any atom is 0.243 e. The third kappa shape index (κ3) is 6.15. The van der Waals surface area contributed by atoms with Crippen molar-refractivity contribution in [2.45, 2.75) is 25.8 Å². The molecule has 0 aliphatic rings. The number of benzene rings is 2. The summed E-state index contributed by atoms with van der Waals surface area (Å²) in [6.07, 6.45) is 2.24. The molecule has 0 unspecified atom stereocenters. The van der Waals surface area contributed by atoms with E-state index in [0.29, 0.717) is 19.4 Å². The van der Waals surface area contributed by atoms with Crippen molar-refractivity contribution in [3.05, 3.63) is 59.7 Å². The fourth-order valence-corrected chi connectivity index (χ4v) is 4.08. The van der Waals surface area contributed by atoms with Crippen molar-refractivity contribution in [3.8, 4) is 5.75 Å². The van der Waals surface area contributed by atoms with Gasteiger partial charge in [-0.1, -0.05) is 12.1 Å². The molecule has 0 radical (unpaired) electrons. The highest BCUT2D eigenvalue weighted by atomic mass is 32.2. The summed E-state index contributed by atoms with van der Waals surface area (Å²) in [6.45, 7) is 1.72. The van der Waals surface area contributed by atoms with Crippen LogP contribution in [0.4, 0.5) is 14.5 Å². The van der Waals surface area contributed by atoms with Gasteiger partial charge in [-0.15, -0.1) is 0 Å². The van der Waals surface area contributed by atoms with E-state index < -0.39 is 33.6 Å². The Labute approximate surface area is 169 Å². The molecule has 29 heavy (non-hydrogen) atoms. The minimum Gasteiger partial charge on any atom is -0.497 e. The molecule has 0 saturated carbocycles. The van der Waals surface area contributed by atoms with Gasteiger partial charge in [0, 0.05) is 12.6 Å². The molecule has 2 aromatic carbocycles. The molecule has 2 rings (SSSR count). The van der Waals surface area contributed by atoms with Gasteiger partial charge in [0.25, 0.3) is 0 Å². The van der Waals surface area contributed by atoms with Gasteiger partial charge >= 0.3 is 0 Å². The largest absolute Gasteiger partial charge is 0.497 e. The topological polar surface area (TPSA) is 75.7 Å². The van der Waals surface area contributed by atoms with Gasteiger partial charge in [-0.05, 0) is 49.6 Å². The average molecular weight is 426 g/mol. The Morgan fingerprint density at radius 1 is 1.17 bits per heavy atom. The molecule has 0 saturated heterocycles. The first-order valence-electron chi connectivity index (χ1n) is 8.98. The Bertz CT molecular complexity index is 967. The first-order valence-corrected chi connectivity index (χ1v) is 10.8. The van der Waals surface area contributed by atoms with Crippen LogP contribution in [-0.2, 0) is 21.2 Å². The van der Waals surface area contributed by atoms with Gasteiger partial charge in [0.1, 0.15) is 11.8 Å². The number of hydrogen-bond donors (Lipinski definition) is 1. The molecule has 0 heterocycles. The van der Waals surface area contributed by atoms with Gasteiger partial charge in [-0.2, -0.15) is 0 Å². The van der Waals surface area contributed by atoms with Crippen LogP contribution in [0, 0.1) is 11.6 Å². The number of nitrogens with one attached hydrogen (secondary N) is 1. The molecule has 2 aromatic rings. The number of hydrogen-bond acceptors (Lipinski definition) is 4. The van der Waals surface area contributed by atoms with Crippen molar-refractivity contribution < 1.29 is 26.7 Å². The summed E-state index contributed by atoms with van der Waals surface area (Å²) in [5.41, 5.74) is 0.927. The number of aryl methyl sites for hydroxylation is 1. The first-order chi connectivity index (χ1) is 13.6. The third-order valence-electron chi connectivity index (χ3n) is 4.32. The molecule has 1 atom stereocenters. The highest BCUT2D eigenvalue weighted by Gasteiger charge is 2.29. The van der Waals surface area contributed by atoms with E-state index in [1.165, 1.54) is 6.92 Å². The normalized spacial score (nSPS) is 12.3. The lowest BCUT2D eigenvalue weighted by Crippen LogP contribution is -2.48. The van der Waals surface area contributed by atoms with Crippen LogP contribution in [0.5, 0.6) is 5.75 Å². The predicted octanol–water partition coefficient (Wildman–Crippen LogP) is 2.88. The average Bonchev–Trinajstić information content (AvgIpc) is 2.67. The summed E-state index contributed by atoms with van der Waals surface area (Å²) in [4.78, 5) is 12.5. The smallest absolute Gasteiger partial charge is 0.243 e. The second-order valence-corrected chi connectivity index (χ2v) is 8.44. The van der Waals surface area contributed by atoms with E-state index in [1.54, 1.807) is 7.11 Å². The fraction of sp³-hybridized carbons (Fsp3) is 0.350. The van der Waals surface area contributed by atoms with Crippen molar-refractivity contribution in [2.75, 3.05) is 24.2 Å². The van der Waals surface area contributed by atoms with Crippen LogP contribution in [-0.4, -0.2) is 40.3 Å². The number of nitrogens with zero attached hydrogens (tertiary/aromatic N) is 1. The van der Waals surface area contributed by atoms with E-state index in [2.05, 4.69) is 5.32 Å². The van der Waals surface area contributed by atoms with E-state index in [4.69, 9.17) is 4.74 Å². The molecule has 1 N–H and O–H groups in total. The maximum absolute atomic E-state index is 13.5. The number of sulfonamides is 1. The Kier molecular flexibility index (Phi) is 7.55. The van der Waals surface area contributed by atoms with E-state index in [1.807, 2.05) is 24.3 Å². The molecule has 0 aliphatic carbocycles. The van der Waals surface area contributed by atoms with Gasteiger partial charge in [0.15, 0.2) is 11.6 Å². The zero-order chi connectivity index (χ0) is 21.6. The van der Waals surface area contributed by atoms with Crippen molar-refractivity contribution in [2.24, 2.45) is 0 Å². The molecule has 0 bridgehead atoms. The van der Waals surface area contributed by atoms with Crippen LogP contribution in [0.15, 0.2) is 42.5 Å². The molecule has 0 fully saturated rings. The summed E-state index contributed by atoms with van der Waals surface area (Å²) >= 11 is 0. The van der Waals surface area contributed by atoms with Crippen molar-refractivity contribution in [1.82, 2.24) is 5.32 Å². The lowest BCUT2D eigenvalue weighted by Gasteiger charge is -2.28. The van der Waals surface area contributed by atoms with Crippen molar-refractivity contribution >= 4 is 21.6 Å². The Morgan fingerprint density at radius 3 is 2.52 bits per heavy atom. The number of methoxy groups -OCH3 is 1. The summed E-state index contributed by atoms with van der Waals surface area (Å²) in [6, 6.07) is 9.12. The summed E-state index contributed by atoms with van der Waals surface area (Å²) in [5.74, 6) is -2.08. The number of carbonyl (C=O) groups excluding carboxylic acids is 1. The number of rotatable bonds is 9. The van der Waals surface area contributed by atoms with Crippen molar-refractivity contribution in [1.29, 1.82) is 0 Å².